The summed E-state index contributed by atoms with van der Waals surface area (Å²) in [4.78, 5) is 23.8. The Kier molecular flexibility index (Phi) is 4.64. The lowest BCUT2D eigenvalue weighted by Crippen LogP contribution is -2.48. The van der Waals surface area contributed by atoms with Gasteiger partial charge in [-0.15, -0.1) is 11.3 Å². The van der Waals surface area contributed by atoms with Crippen LogP contribution in [0.3, 0.4) is 0 Å². The van der Waals surface area contributed by atoms with Gasteiger partial charge in [0.15, 0.2) is 5.11 Å². The largest absolute Gasteiger partial charge is 0.298 e. The van der Waals surface area contributed by atoms with Crippen LogP contribution in [0.25, 0.3) is 6.08 Å². The van der Waals surface area contributed by atoms with Crippen molar-refractivity contribution in [2.24, 2.45) is 5.92 Å². The predicted octanol–water partition coefficient (Wildman–Crippen LogP) is 1.19. The second-order valence-electron chi connectivity index (χ2n) is 4.06. The highest BCUT2D eigenvalue weighted by Gasteiger charge is 2.29. The molecular weight excluding hydrogens is 282 g/mol. The first-order valence-electron chi connectivity index (χ1n) is 5.77. The number of hydrogen-bond donors (Lipinski definition) is 3. The van der Waals surface area contributed by atoms with Crippen LogP contribution >= 0.6 is 23.6 Å². The lowest BCUT2D eigenvalue weighted by molar-refractivity contribution is -0.123. The van der Waals surface area contributed by atoms with E-state index in [1.807, 2.05) is 17.5 Å². The van der Waals surface area contributed by atoms with Gasteiger partial charge in [-0.1, -0.05) is 6.07 Å². The van der Waals surface area contributed by atoms with Crippen LogP contribution in [0, 0.1) is 5.92 Å². The van der Waals surface area contributed by atoms with Gasteiger partial charge in [0, 0.05) is 16.9 Å². The maximum atomic E-state index is 11.5. The summed E-state index contributed by atoms with van der Waals surface area (Å²) in [5, 5.41) is 4.45. The normalized spacial score (nSPS) is 14.1. The van der Waals surface area contributed by atoms with E-state index >= 15 is 0 Å². The molecule has 0 unspecified atom stereocenters. The van der Waals surface area contributed by atoms with E-state index < -0.39 is 0 Å². The predicted molar refractivity (Wildman–Crippen MR) is 78.1 cm³/mol. The van der Waals surface area contributed by atoms with Crippen LogP contribution in [-0.4, -0.2) is 16.9 Å². The number of amides is 2. The number of nitrogens with one attached hydrogen (secondary N) is 3. The van der Waals surface area contributed by atoms with Crippen LogP contribution in [0.4, 0.5) is 0 Å². The maximum Gasteiger partial charge on any atom is 0.250 e. The minimum absolute atomic E-state index is 0.0785. The van der Waals surface area contributed by atoms with E-state index in [0.717, 1.165) is 17.7 Å². The van der Waals surface area contributed by atoms with Crippen molar-refractivity contribution in [3.8, 4) is 0 Å². The van der Waals surface area contributed by atoms with Crippen LogP contribution in [0.15, 0.2) is 23.6 Å². The fourth-order valence-corrected chi connectivity index (χ4v) is 2.06. The fourth-order valence-electron chi connectivity index (χ4n) is 1.29. The van der Waals surface area contributed by atoms with Crippen LogP contribution in [0.1, 0.15) is 17.7 Å². The van der Waals surface area contributed by atoms with Gasteiger partial charge >= 0.3 is 0 Å². The number of hydrogen-bond acceptors (Lipinski definition) is 4. The Bertz CT molecular complexity index is 507. The molecule has 19 heavy (non-hydrogen) atoms. The number of hydrazine groups is 1. The van der Waals surface area contributed by atoms with E-state index in [1.165, 1.54) is 17.4 Å². The monoisotopic (exact) mass is 295 g/mol. The van der Waals surface area contributed by atoms with Crippen molar-refractivity contribution in [1.82, 2.24) is 16.2 Å². The summed E-state index contributed by atoms with van der Waals surface area (Å²) in [6.45, 7) is 0. The fraction of sp³-hybridized carbons (Fsp3) is 0.250. The molecule has 0 aromatic carbocycles. The Balaban J connectivity index is 1.69. The molecule has 5 nitrogen and oxygen atoms in total. The smallest absolute Gasteiger partial charge is 0.250 e. The summed E-state index contributed by atoms with van der Waals surface area (Å²) < 4.78 is 0. The Morgan fingerprint density at radius 2 is 2.16 bits per heavy atom. The zero-order valence-electron chi connectivity index (χ0n) is 10.0. The third-order valence-corrected chi connectivity index (χ3v) is 3.47. The van der Waals surface area contributed by atoms with Crippen molar-refractivity contribution >= 4 is 46.6 Å². The Labute approximate surface area is 120 Å². The molecule has 0 atom stereocenters. The average Bonchev–Trinajstić information content (AvgIpc) is 3.11. The highest BCUT2D eigenvalue weighted by molar-refractivity contribution is 7.80. The molecule has 7 heteroatoms. The average molecular weight is 295 g/mol. The van der Waals surface area contributed by atoms with Crippen molar-refractivity contribution in [2.75, 3.05) is 0 Å². The van der Waals surface area contributed by atoms with Gasteiger partial charge in [0.25, 0.3) is 0 Å². The Morgan fingerprint density at radius 3 is 2.79 bits per heavy atom. The minimum Gasteiger partial charge on any atom is -0.298 e. The molecule has 100 valence electrons. The first-order valence-corrected chi connectivity index (χ1v) is 7.06. The molecule has 0 bridgehead atoms. The molecule has 1 saturated carbocycles. The minimum atomic E-state index is -0.341. The quantitative estimate of drug-likeness (QED) is 0.445. The van der Waals surface area contributed by atoms with Crippen molar-refractivity contribution in [3.05, 3.63) is 28.5 Å². The summed E-state index contributed by atoms with van der Waals surface area (Å²) in [6.07, 6.45) is 4.92. The molecule has 0 radical (unpaired) electrons. The second kappa shape index (κ2) is 6.44. The molecule has 1 fully saturated rings. The van der Waals surface area contributed by atoms with Gasteiger partial charge in [-0.2, -0.15) is 0 Å². The summed E-state index contributed by atoms with van der Waals surface area (Å²) >= 11 is 6.42. The van der Waals surface area contributed by atoms with Crippen molar-refractivity contribution in [1.29, 1.82) is 0 Å². The number of carbonyl (C=O) groups excluding carboxylic acids is 2. The standard InChI is InChI=1S/C12H13N3O2S2/c16-10(6-5-9-2-1-7-19-9)13-12(18)15-14-11(17)8-3-4-8/h1-2,5-8H,3-4H2,(H,14,17)(H2,13,15,16,18). The van der Waals surface area contributed by atoms with Crippen LogP contribution in [0.2, 0.25) is 0 Å². The van der Waals surface area contributed by atoms with Gasteiger partial charge < -0.3 is 0 Å². The molecule has 3 N–H and O–H groups in total. The topological polar surface area (TPSA) is 70.2 Å². The summed E-state index contributed by atoms with van der Waals surface area (Å²) in [5.74, 6) is -0.345. The molecule has 1 aliphatic carbocycles. The highest BCUT2D eigenvalue weighted by Crippen LogP contribution is 2.28. The maximum absolute atomic E-state index is 11.5. The number of carbonyl (C=O) groups is 2. The molecule has 1 aromatic heterocycles. The van der Waals surface area contributed by atoms with Gasteiger partial charge in [-0.25, -0.2) is 0 Å². The molecular formula is C12H13N3O2S2. The van der Waals surface area contributed by atoms with Crippen molar-refractivity contribution < 1.29 is 9.59 Å². The third-order valence-electron chi connectivity index (χ3n) is 2.43. The zero-order valence-corrected chi connectivity index (χ0v) is 11.6. The van der Waals surface area contributed by atoms with E-state index in [0.29, 0.717) is 0 Å². The second-order valence-corrected chi connectivity index (χ2v) is 5.44. The first-order chi connectivity index (χ1) is 9.15. The molecule has 2 rings (SSSR count). The summed E-state index contributed by atoms with van der Waals surface area (Å²) in [5.41, 5.74) is 4.95. The van der Waals surface area contributed by atoms with Gasteiger partial charge in [0.1, 0.15) is 0 Å². The number of thiocarbonyl (C=S) groups is 1. The van der Waals surface area contributed by atoms with E-state index in [2.05, 4.69) is 16.2 Å². The molecule has 0 aliphatic heterocycles. The number of rotatable bonds is 3. The van der Waals surface area contributed by atoms with E-state index in [4.69, 9.17) is 12.2 Å². The van der Waals surface area contributed by atoms with E-state index in [1.54, 1.807) is 6.08 Å². The van der Waals surface area contributed by atoms with Crippen molar-refractivity contribution in [2.45, 2.75) is 12.8 Å². The molecule has 1 aromatic rings. The lowest BCUT2D eigenvalue weighted by atomic mass is 10.4. The Hall–Kier alpha value is -1.73. The van der Waals surface area contributed by atoms with Crippen LogP contribution in [-0.2, 0) is 9.59 Å². The van der Waals surface area contributed by atoms with Gasteiger partial charge in [-0.05, 0) is 42.6 Å². The van der Waals surface area contributed by atoms with Crippen LogP contribution < -0.4 is 16.2 Å². The lowest BCUT2D eigenvalue weighted by Gasteiger charge is -2.08. The van der Waals surface area contributed by atoms with Gasteiger partial charge in [0.05, 0.1) is 0 Å². The number of thiophene rings is 1. The van der Waals surface area contributed by atoms with Crippen molar-refractivity contribution in [3.63, 3.8) is 0 Å². The van der Waals surface area contributed by atoms with E-state index in [9.17, 15) is 9.59 Å². The Morgan fingerprint density at radius 1 is 1.37 bits per heavy atom. The summed E-state index contributed by atoms with van der Waals surface area (Å²) in [7, 11) is 0. The highest BCUT2D eigenvalue weighted by atomic mass is 32.1. The summed E-state index contributed by atoms with van der Waals surface area (Å²) in [6, 6.07) is 3.81. The molecule has 0 spiro atoms. The SMILES string of the molecule is O=C(C=Cc1cccs1)NC(=S)NNC(=O)C1CC1. The van der Waals surface area contributed by atoms with Gasteiger partial charge in [-0.3, -0.25) is 25.8 Å². The third kappa shape index (κ3) is 4.80. The molecule has 1 aliphatic rings. The van der Waals surface area contributed by atoms with E-state index in [-0.39, 0.29) is 22.8 Å². The molecule has 1 heterocycles. The molecule has 0 saturated heterocycles. The first kappa shape index (κ1) is 13.7. The molecule has 2 amide bonds. The van der Waals surface area contributed by atoms with Crippen LogP contribution in [0.5, 0.6) is 0 Å². The van der Waals surface area contributed by atoms with Gasteiger partial charge in [0.2, 0.25) is 11.8 Å². The zero-order chi connectivity index (χ0) is 13.7.